The number of hydrogen-bond acceptors (Lipinski definition) is 11. The third-order valence-electron chi connectivity index (χ3n) is 8.76. The van der Waals surface area contributed by atoms with Gasteiger partial charge in [-0.3, -0.25) is 24.0 Å². The molecule has 5 rings (SSSR count). The number of nitriles is 2. The SMILES string of the molecule is CC(C)Oc1c(NC(=O)c2ccc(NC(=O)[C@@H](NC(=O)c3ccc(NC(=O)c4ccc(C#N)cc4)c(C#N)c3)[C@@H](C)O)cc2)ccc(C(=O)Nc2ccc(C(=O)O)cc2)c1O. The first-order valence-electron chi connectivity index (χ1n) is 18.3. The number of carboxylic acids is 1. The van der Waals surface area contributed by atoms with Crippen LogP contribution in [0.1, 0.15) is 83.7 Å². The highest BCUT2D eigenvalue weighted by molar-refractivity contribution is 6.10. The average Bonchev–Trinajstić information content (AvgIpc) is 3.24. The zero-order chi connectivity index (χ0) is 44.4. The summed E-state index contributed by atoms with van der Waals surface area (Å²) in [6.45, 7) is 4.64. The van der Waals surface area contributed by atoms with Gasteiger partial charge >= 0.3 is 5.97 Å². The zero-order valence-corrected chi connectivity index (χ0v) is 32.6. The van der Waals surface area contributed by atoms with Crippen LogP contribution in [-0.4, -0.2) is 69.1 Å². The normalized spacial score (nSPS) is 11.5. The number of anilines is 4. The lowest BCUT2D eigenvalue weighted by Gasteiger charge is -2.21. The van der Waals surface area contributed by atoms with Crippen LogP contribution in [0.2, 0.25) is 0 Å². The first kappa shape index (κ1) is 43.6. The number of amides is 5. The smallest absolute Gasteiger partial charge is 0.335 e. The number of rotatable bonds is 14. The molecule has 0 aliphatic rings. The largest absolute Gasteiger partial charge is 0.504 e. The number of phenols is 1. The summed E-state index contributed by atoms with van der Waals surface area (Å²) in [6.07, 6.45) is -1.87. The van der Waals surface area contributed by atoms with Crippen LogP contribution in [0.4, 0.5) is 22.7 Å². The van der Waals surface area contributed by atoms with E-state index in [4.69, 9.17) is 15.1 Å². The second-order valence-electron chi connectivity index (χ2n) is 13.6. The van der Waals surface area contributed by atoms with E-state index in [9.17, 15) is 44.2 Å². The van der Waals surface area contributed by atoms with Gasteiger partial charge in [-0.1, -0.05) is 0 Å². The molecule has 308 valence electrons. The van der Waals surface area contributed by atoms with Crippen molar-refractivity contribution in [2.75, 3.05) is 21.3 Å². The summed E-state index contributed by atoms with van der Waals surface area (Å²) < 4.78 is 5.76. The van der Waals surface area contributed by atoms with E-state index in [0.29, 0.717) is 5.56 Å². The summed E-state index contributed by atoms with van der Waals surface area (Å²) >= 11 is 0. The summed E-state index contributed by atoms with van der Waals surface area (Å²) in [4.78, 5) is 76.7. The Morgan fingerprint density at radius 2 is 1.13 bits per heavy atom. The molecule has 17 heteroatoms. The van der Waals surface area contributed by atoms with E-state index < -0.39 is 59.5 Å². The maximum Gasteiger partial charge on any atom is 0.335 e. The van der Waals surface area contributed by atoms with Gasteiger partial charge in [0.15, 0.2) is 11.5 Å². The molecular weight excluding hydrogens is 787 g/mol. The highest BCUT2D eigenvalue weighted by Crippen LogP contribution is 2.39. The fraction of sp³-hybridized carbons (Fsp3) is 0.136. The molecule has 61 heavy (non-hydrogen) atoms. The first-order chi connectivity index (χ1) is 29.1. The van der Waals surface area contributed by atoms with Crippen molar-refractivity contribution in [3.8, 4) is 23.6 Å². The van der Waals surface area contributed by atoms with Crippen LogP contribution in [0.25, 0.3) is 0 Å². The fourth-order valence-electron chi connectivity index (χ4n) is 5.63. The number of aliphatic hydroxyl groups is 1. The third kappa shape index (κ3) is 10.9. The molecule has 0 aliphatic carbocycles. The van der Waals surface area contributed by atoms with Crippen molar-refractivity contribution in [3.63, 3.8) is 0 Å². The second-order valence-corrected chi connectivity index (χ2v) is 13.6. The molecule has 0 unspecified atom stereocenters. The number of nitrogens with one attached hydrogen (secondary N) is 5. The fourth-order valence-corrected chi connectivity index (χ4v) is 5.63. The molecule has 5 aromatic carbocycles. The van der Waals surface area contributed by atoms with Crippen LogP contribution in [0.15, 0.2) is 103 Å². The highest BCUT2D eigenvalue weighted by atomic mass is 16.5. The van der Waals surface area contributed by atoms with E-state index in [-0.39, 0.29) is 61.9 Å². The molecule has 0 heterocycles. The number of phenolic OH excluding ortho intramolecular Hbond substituents is 1. The molecule has 5 amide bonds. The van der Waals surface area contributed by atoms with Gasteiger partial charge in [0.1, 0.15) is 12.1 Å². The van der Waals surface area contributed by atoms with Gasteiger partial charge in [0.25, 0.3) is 23.6 Å². The molecule has 0 spiro atoms. The van der Waals surface area contributed by atoms with Gasteiger partial charge in [-0.05, 0) is 124 Å². The van der Waals surface area contributed by atoms with E-state index >= 15 is 0 Å². The maximum atomic E-state index is 13.3. The summed E-state index contributed by atoms with van der Waals surface area (Å²) in [5.41, 5.74) is 1.07. The molecule has 0 saturated carbocycles. The number of benzene rings is 5. The van der Waals surface area contributed by atoms with E-state index in [1.165, 1.54) is 110 Å². The Kier molecular flexibility index (Phi) is 13.8. The average molecular weight is 824 g/mol. The predicted molar refractivity (Wildman–Crippen MR) is 221 cm³/mol. The quantitative estimate of drug-likeness (QED) is 0.0690. The number of aromatic hydroxyl groups is 1. The standard InChI is InChI=1S/C44H37N7O10/c1-23(2)61-38-35(19-17-33(37(38)53)42(57)47-31-15-10-28(11-16-31)44(59)60)50-40(55)27-8-13-32(14-9-27)48-43(58)36(24(3)52)51-41(56)29-12-18-34(30(20-29)22-46)49-39(54)26-6-4-25(21-45)5-7-26/h4-20,23-24,36,52-53H,1-3H3,(H,47,57)(H,48,58)(H,49,54)(H,50,55)(H,51,56)(H,59,60)/t24-,36+/m1/s1. The van der Waals surface area contributed by atoms with Crippen molar-refractivity contribution >= 4 is 58.3 Å². The van der Waals surface area contributed by atoms with Gasteiger partial charge in [-0.15, -0.1) is 0 Å². The number of aromatic carboxylic acids is 1. The second kappa shape index (κ2) is 19.3. The van der Waals surface area contributed by atoms with Crippen molar-refractivity contribution in [1.82, 2.24) is 5.32 Å². The lowest BCUT2D eigenvalue weighted by molar-refractivity contribution is -0.120. The number of hydrogen-bond donors (Lipinski definition) is 8. The lowest BCUT2D eigenvalue weighted by Crippen LogP contribution is -2.50. The Morgan fingerprint density at radius 3 is 1.67 bits per heavy atom. The number of carbonyl (C=O) groups is 6. The van der Waals surface area contributed by atoms with Crippen LogP contribution in [-0.2, 0) is 4.79 Å². The Labute approximate surface area is 348 Å². The molecule has 2 atom stereocenters. The molecule has 8 N–H and O–H groups in total. The van der Waals surface area contributed by atoms with Gasteiger partial charge in [0.05, 0.1) is 51.9 Å². The van der Waals surface area contributed by atoms with Gasteiger partial charge < -0.3 is 46.6 Å². The lowest BCUT2D eigenvalue weighted by atomic mass is 10.1. The highest BCUT2D eigenvalue weighted by Gasteiger charge is 2.27. The minimum atomic E-state index is -1.47. The third-order valence-corrected chi connectivity index (χ3v) is 8.76. The minimum Gasteiger partial charge on any atom is -0.504 e. The Hall–Kier alpha value is -8.54. The van der Waals surface area contributed by atoms with Crippen molar-refractivity contribution in [1.29, 1.82) is 10.5 Å². The Morgan fingerprint density at radius 1 is 0.607 bits per heavy atom. The molecule has 0 fully saturated rings. The number of carbonyl (C=O) groups excluding carboxylic acids is 5. The van der Waals surface area contributed by atoms with Gasteiger partial charge in [0, 0.05) is 28.1 Å². The number of carboxylic acid groups (broad SMARTS) is 1. The van der Waals surface area contributed by atoms with Gasteiger partial charge in [0.2, 0.25) is 5.91 Å². The monoisotopic (exact) mass is 823 g/mol. The van der Waals surface area contributed by atoms with Crippen LogP contribution in [0, 0.1) is 22.7 Å². The van der Waals surface area contributed by atoms with Gasteiger partial charge in [-0.2, -0.15) is 10.5 Å². The number of ether oxygens (including phenoxy) is 1. The summed E-state index contributed by atoms with van der Waals surface area (Å²) in [7, 11) is 0. The van der Waals surface area contributed by atoms with Gasteiger partial charge in [-0.25, -0.2) is 4.79 Å². The van der Waals surface area contributed by atoms with Crippen LogP contribution >= 0.6 is 0 Å². The maximum absolute atomic E-state index is 13.3. The Bertz CT molecular complexity index is 2590. The number of aliphatic hydroxyl groups excluding tert-OH is 1. The number of nitrogens with zero attached hydrogens (tertiary/aromatic N) is 2. The van der Waals surface area contributed by atoms with Crippen molar-refractivity contribution in [3.05, 3.63) is 142 Å². The van der Waals surface area contributed by atoms with E-state index in [0.717, 1.165) is 0 Å². The van der Waals surface area contributed by atoms with Crippen molar-refractivity contribution < 1.29 is 48.8 Å². The summed E-state index contributed by atoms with van der Waals surface area (Å²) in [6, 6.07) is 25.7. The zero-order valence-electron chi connectivity index (χ0n) is 32.6. The van der Waals surface area contributed by atoms with Crippen molar-refractivity contribution in [2.45, 2.75) is 39.0 Å². The van der Waals surface area contributed by atoms with Crippen LogP contribution in [0.5, 0.6) is 11.5 Å². The molecule has 0 aliphatic heterocycles. The molecule has 0 radical (unpaired) electrons. The van der Waals surface area contributed by atoms with Crippen molar-refractivity contribution in [2.24, 2.45) is 0 Å². The van der Waals surface area contributed by atoms with Crippen LogP contribution < -0.4 is 31.3 Å². The molecule has 0 aromatic heterocycles. The minimum absolute atomic E-state index is 0.0183. The molecular formula is C44H37N7O10. The van der Waals surface area contributed by atoms with E-state index in [1.54, 1.807) is 13.8 Å². The van der Waals surface area contributed by atoms with E-state index in [2.05, 4.69) is 26.6 Å². The molecule has 5 aromatic rings. The molecule has 17 nitrogen and oxygen atoms in total. The van der Waals surface area contributed by atoms with Crippen LogP contribution in [0.3, 0.4) is 0 Å². The summed E-state index contributed by atoms with van der Waals surface area (Å²) in [5.74, 6) is -5.41. The first-order valence-corrected chi connectivity index (χ1v) is 18.3. The van der Waals surface area contributed by atoms with E-state index in [1.807, 2.05) is 12.1 Å². The topological polar surface area (TPSA) is 280 Å². The molecule has 0 saturated heterocycles. The molecule has 0 bridgehead atoms. The predicted octanol–water partition coefficient (Wildman–Crippen LogP) is 5.50. The summed E-state index contributed by atoms with van der Waals surface area (Å²) in [5, 5.41) is 62.1. The Balaban J connectivity index is 1.23.